The Morgan fingerprint density at radius 3 is 1.35 bits per heavy atom. The van der Waals surface area contributed by atoms with Crippen LogP contribution in [0.4, 0.5) is 0 Å². The first kappa shape index (κ1) is 30.3. The van der Waals surface area contributed by atoms with E-state index in [1.165, 1.54) is 12.8 Å². The summed E-state index contributed by atoms with van der Waals surface area (Å²) in [5.41, 5.74) is 4.37. The van der Waals surface area contributed by atoms with E-state index in [4.69, 9.17) is 9.47 Å². The summed E-state index contributed by atoms with van der Waals surface area (Å²) in [6, 6.07) is 27.9. The van der Waals surface area contributed by atoms with E-state index < -0.39 is 0 Å². The predicted octanol–water partition coefficient (Wildman–Crippen LogP) is 9.73. The van der Waals surface area contributed by atoms with Crippen LogP contribution in [0, 0.1) is 22.7 Å². The zero-order chi connectivity index (χ0) is 28.4. The molecule has 3 aromatic rings. The third-order valence-corrected chi connectivity index (χ3v) is 6.66. The second kappa shape index (κ2) is 17.3. The van der Waals surface area contributed by atoms with Gasteiger partial charge in [-0.15, -0.1) is 0 Å². The molecule has 0 aliphatic rings. The number of benzene rings is 3. The summed E-state index contributed by atoms with van der Waals surface area (Å²) in [5, 5.41) is 20.0. The molecule has 4 heteroatoms. The zero-order valence-corrected chi connectivity index (χ0v) is 23.9. The number of nitriles is 2. The van der Waals surface area contributed by atoms with Gasteiger partial charge in [-0.25, -0.2) is 0 Å². The summed E-state index contributed by atoms with van der Waals surface area (Å²) >= 11 is 0. The van der Waals surface area contributed by atoms with Crippen molar-refractivity contribution in [3.8, 4) is 23.6 Å². The van der Waals surface area contributed by atoms with Crippen molar-refractivity contribution in [3.63, 3.8) is 0 Å². The molecule has 40 heavy (non-hydrogen) atoms. The number of rotatable bonds is 16. The molecule has 0 atom stereocenters. The highest BCUT2D eigenvalue weighted by Gasteiger charge is 2.14. The van der Waals surface area contributed by atoms with Crippen molar-refractivity contribution in [2.24, 2.45) is 0 Å². The molecule has 3 aromatic carbocycles. The van der Waals surface area contributed by atoms with Crippen LogP contribution < -0.4 is 9.47 Å². The number of hydrogen-bond donors (Lipinski definition) is 0. The summed E-state index contributed by atoms with van der Waals surface area (Å²) < 4.78 is 12.6. The van der Waals surface area contributed by atoms with Crippen molar-refractivity contribution in [3.05, 3.63) is 95.1 Å². The molecule has 0 radical (unpaired) electrons. The molecule has 0 N–H and O–H groups in total. The van der Waals surface area contributed by atoms with E-state index in [0.717, 1.165) is 60.8 Å². The minimum atomic E-state index is 0.552. The lowest BCUT2D eigenvalue weighted by molar-refractivity contribution is 0.296. The van der Waals surface area contributed by atoms with E-state index in [1.807, 2.05) is 84.9 Å². The summed E-state index contributed by atoms with van der Waals surface area (Å²) in [7, 11) is 0. The van der Waals surface area contributed by atoms with E-state index in [1.54, 1.807) is 0 Å². The van der Waals surface area contributed by atoms with E-state index >= 15 is 0 Å². The van der Waals surface area contributed by atoms with Gasteiger partial charge in [0.25, 0.3) is 0 Å². The van der Waals surface area contributed by atoms with Crippen molar-refractivity contribution in [1.82, 2.24) is 0 Å². The fourth-order valence-corrected chi connectivity index (χ4v) is 4.40. The highest BCUT2D eigenvalue weighted by molar-refractivity contribution is 5.93. The maximum absolute atomic E-state index is 9.99. The maximum atomic E-state index is 9.99. The average molecular weight is 533 g/mol. The van der Waals surface area contributed by atoms with Crippen molar-refractivity contribution in [1.29, 1.82) is 10.5 Å². The number of hydrogen-bond acceptors (Lipinski definition) is 4. The Labute approximate surface area is 240 Å². The van der Waals surface area contributed by atoms with Crippen LogP contribution in [0.25, 0.3) is 23.3 Å². The standard InChI is InChI=1S/C36H40N2O2/c1-3-5-7-15-21-39-35-25-32(24-34(28-38)30-19-13-10-14-20-30)36(40-22-16-8-6-4-2)26-31(35)23-33(27-37)29-17-11-9-12-18-29/h9-14,17-20,23-26H,3-8,15-16,21-22H2,1-2H3. The van der Waals surface area contributed by atoms with E-state index in [0.29, 0.717) is 35.9 Å². The van der Waals surface area contributed by atoms with E-state index in [-0.39, 0.29) is 0 Å². The lowest BCUT2D eigenvalue weighted by atomic mass is 9.99. The molecule has 0 saturated carbocycles. The monoisotopic (exact) mass is 532 g/mol. The summed E-state index contributed by atoms with van der Waals surface area (Å²) in [4.78, 5) is 0. The van der Waals surface area contributed by atoms with Crippen LogP contribution in [0.5, 0.6) is 11.5 Å². The molecule has 0 unspecified atom stereocenters. The van der Waals surface area contributed by atoms with E-state index in [2.05, 4.69) is 26.0 Å². The second-order valence-electron chi connectivity index (χ2n) is 9.82. The highest BCUT2D eigenvalue weighted by atomic mass is 16.5. The first-order chi connectivity index (χ1) is 19.7. The van der Waals surface area contributed by atoms with Crippen LogP contribution in [0.1, 0.15) is 87.5 Å². The molecule has 0 heterocycles. The Morgan fingerprint density at radius 1 is 0.600 bits per heavy atom. The summed E-state index contributed by atoms with van der Waals surface area (Å²) in [6.45, 7) is 5.54. The molecule has 0 aliphatic carbocycles. The average Bonchev–Trinajstić information content (AvgIpc) is 3.00. The normalized spacial score (nSPS) is 11.5. The number of nitrogens with zero attached hydrogens (tertiary/aromatic N) is 2. The molecule has 206 valence electrons. The smallest absolute Gasteiger partial charge is 0.127 e. The Kier molecular flexibility index (Phi) is 13.1. The minimum Gasteiger partial charge on any atom is -0.493 e. The molecular weight excluding hydrogens is 492 g/mol. The molecule has 3 rings (SSSR count). The largest absolute Gasteiger partial charge is 0.493 e. The van der Waals surface area contributed by atoms with Gasteiger partial charge >= 0.3 is 0 Å². The van der Waals surface area contributed by atoms with Crippen molar-refractivity contribution in [2.45, 2.75) is 65.2 Å². The van der Waals surface area contributed by atoms with Crippen LogP contribution in [0.2, 0.25) is 0 Å². The number of unbranched alkanes of at least 4 members (excludes halogenated alkanes) is 6. The first-order valence-electron chi connectivity index (χ1n) is 14.5. The molecule has 0 bridgehead atoms. The summed E-state index contributed by atoms with van der Waals surface area (Å²) in [6.07, 6.45) is 12.5. The molecule has 0 aliphatic heterocycles. The molecule has 0 fully saturated rings. The van der Waals surface area contributed by atoms with Crippen molar-refractivity contribution >= 4 is 23.3 Å². The van der Waals surface area contributed by atoms with E-state index in [9.17, 15) is 10.5 Å². The minimum absolute atomic E-state index is 0.552. The fraction of sp³-hybridized carbons (Fsp3) is 0.333. The molecule has 0 amide bonds. The molecule has 0 aromatic heterocycles. The quantitative estimate of drug-likeness (QED) is 0.105. The van der Waals surface area contributed by atoms with Gasteiger partial charge in [0, 0.05) is 11.1 Å². The molecular formula is C36H40N2O2. The molecule has 0 spiro atoms. The topological polar surface area (TPSA) is 66.0 Å². The van der Waals surface area contributed by atoms with Gasteiger partial charge in [-0.2, -0.15) is 10.5 Å². The van der Waals surface area contributed by atoms with Gasteiger partial charge in [0.1, 0.15) is 11.5 Å². The van der Waals surface area contributed by atoms with Gasteiger partial charge in [-0.05, 0) is 48.3 Å². The maximum Gasteiger partial charge on any atom is 0.127 e. The van der Waals surface area contributed by atoms with Crippen molar-refractivity contribution < 1.29 is 9.47 Å². The predicted molar refractivity (Wildman–Crippen MR) is 166 cm³/mol. The Bertz CT molecular complexity index is 1220. The van der Waals surface area contributed by atoms with Crippen LogP contribution in [0.15, 0.2) is 72.8 Å². The van der Waals surface area contributed by atoms with Gasteiger partial charge in [-0.3, -0.25) is 0 Å². The Balaban J connectivity index is 2.08. The Morgan fingerprint density at radius 2 is 1.00 bits per heavy atom. The zero-order valence-electron chi connectivity index (χ0n) is 23.9. The van der Waals surface area contributed by atoms with Crippen LogP contribution >= 0.6 is 0 Å². The summed E-state index contributed by atoms with van der Waals surface area (Å²) in [5.74, 6) is 1.35. The van der Waals surface area contributed by atoms with Gasteiger partial charge in [0.15, 0.2) is 0 Å². The lowest BCUT2D eigenvalue weighted by Crippen LogP contribution is -2.03. The molecule has 0 saturated heterocycles. The van der Waals surface area contributed by atoms with Crippen LogP contribution in [0.3, 0.4) is 0 Å². The van der Waals surface area contributed by atoms with Crippen LogP contribution in [-0.4, -0.2) is 13.2 Å². The van der Waals surface area contributed by atoms with Gasteiger partial charge in [0.05, 0.1) is 36.5 Å². The highest BCUT2D eigenvalue weighted by Crippen LogP contribution is 2.35. The SMILES string of the molecule is CCCCCCOc1cc(C=C(C#N)c2ccccc2)c(OCCCCCC)cc1C=C(C#N)c1ccccc1. The third-order valence-electron chi connectivity index (χ3n) is 6.66. The first-order valence-corrected chi connectivity index (χ1v) is 14.5. The number of ether oxygens (including phenoxy) is 2. The lowest BCUT2D eigenvalue weighted by Gasteiger charge is -2.16. The van der Waals surface area contributed by atoms with Gasteiger partial charge in [0.2, 0.25) is 0 Å². The Hall–Kier alpha value is -4.28. The molecule has 4 nitrogen and oxygen atoms in total. The number of allylic oxidation sites excluding steroid dienone is 2. The second-order valence-corrected chi connectivity index (χ2v) is 9.82. The third kappa shape index (κ3) is 9.48. The van der Waals surface area contributed by atoms with Crippen LogP contribution in [-0.2, 0) is 0 Å². The van der Waals surface area contributed by atoms with Gasteiger partial charge < -0.3 is 9.47 Å². The fourth-order valence-electron chi connectivity index (χ4n) is 4.40. The van der Waals surface area contributed by atoms with Crippen molar-refractivity contribution in [2.75, 3.05) is 13.2 Å². The van der Waals surface area contributed by atoms with Gasteiger partial charge in [-0.1, -0.05) is 113 Å².